The zero-order valence-corrected chi connectivity index (χ0v) is 12.1. The number of nitrogens with two attached hydrogens (primary N) is 1. The van der Waals surface area contributed by atoms with E-state index >= 15 is 0 Å². The highest BCUT2D eigenvalue weighted by Gasteiger charge is 2.28. The predicted octanol–water partition coefficient (Wildman–Crippen LogP) is 0.287. The number of aryl methyl sites for hydroxylation is 1. The molecule has 0 aliphatic carbocycles. The second-order valence-corrected chi connectivity index (χ2v) is 7.15. The molecule has 0 amide bonds. The molecule has 1 aromatic heterocycles. The summed E-state index contributed by atoms with van der Waals surface area (Å²) in [6.45, 7) is 6.50. The van der Waals surface area contributed by atoms with Crippen molar-refractivity contribution in [1.82, 2.24) is 10.3 Å². The highest BCUT2D eigenvalue weighted by Crippen LogP contribution is 2.30. The molecule has 3 N–H and O–H groups in total. The molecular weight excluding hydrogens is 272 g/mol. The number of nitrogens with one attached hydrogen (secondary N) is 1. The Morgan fingerprint density at radius 3 is 2.61 bits per heavy atom. The van der Waals surface area contributed by atoms with Gasteiger partial charge in [0.2, 0.25) is 10.0 Å². The van der Waals surface area contributed by atoms with Crippen molar-refractivity contribution in [3.63, 3.8) is 0 Å². The van der Waals surface area contributed by atoms with Crippen LogP contribution >= 0.6 is 11.3 Å². The van der Waals surface area contributed by atoms with Gasteiger partial charge in [0.05, 0.1) is 11.7 Å². The molecular formula is C10H18N4O2S2. The van der Waals surface area contributed by atoms with Crippen LogP contribution in [-0.4, -0.2) is 39.1 Å². The van der Waals surface area contributed by atoms with E-state index in [0.29, 0.717) is 11.7 Å². The largest absolute Gasteiger partial charge is 0.343 e. The Hall–Kier alpha value is -0.700. The van der Waals surface area contributed by atoms with E-state index in [-0.39, 0.29) is 4.21 Å². The SMILES string of the molecule is CCCN(c1nc(C)c(S(N)(=O)=O)s1)C1CNC1. The zero-order chi connectivity index (χ0) is 13.3. The van der Waals surface area contributed by atoms with Crippen LogP contribution in [0.3, 0.4) is 0 Å². The Morgan fingerprint density at radius 2 is 2.22 bits per heavy atom. The number of thiazole rings is 1. The maximum absolute atomic E-state index is 11.4. The van der Waals surface area contributed by atoms with E-state index in [1.807, 2.05) is 0 Å². The first-order chi connectivity index (χ1) is 8.43. The highest BCUT2D eigenvalue weighted by molar-refractivity contribution is 7.91. The predicted molar refractivity (Wildman–Crippen MR) is 72.5 cm³/mol. The second-order valence-electron chi connectivity index (χ2n) is 4.42. The molecule has 0 aromatic carbocycles. The molecule has 1 aromatic rings. The minimum Gasteiger partial charge on any atom is -0.343 e. The lowest BCUT2D eigenvalue weighted by molar-refractivity contribution is 0.412. The number of nitrogens with zero attached hydrogens (tertiary/aromatic N) is 2. The van der Waals surface area contributed by atoms with Gasteiger partial charge in [0.15, 0.2) is 9.34 Å². The fraction of sp³-hybridized carbons (Fsp3) is 0.700. The summed E-state index contributed by atoms with van der Waals surface area (Å²) in [5.41, 5.74) is 0.492. The van der Waals surface area contributed by atoms with Crippen LogP contribution in [0.15, 0.2) is 4.21 Å². The molecule has 0 unspecified atom stereocenters. The fourth-order valence-electron chi connectivity index (χ4n) is 1.92. The molecule has 1 fully saturated rings. The van der Waals surface area contributed by atoms with Gasteiger partial charge in [-0.15, -0.1) is 0 Å². The lowest BCUT2D eigenvalue weighted by atomic mass is 10.1. The highest BCUT2D eigenvalue weighted by atomic mass is 32.2. The molecule has 1 aliphatic heterocycles. The fourth-order valence-corrected chi connectivity index (χ4v) is 3.97. The number of anilines is 1. The van der Waals surface area contributed by atoms with Gasteiger partial charge < -0.3 is 10.2 Å². The van der Waals surface area contributed by atoms with E-state index in [1.54, 1.807) is 6.92 Å². The molecule has 8 heteroatoms. The third-order valence-corrected chi connectivity index (χ3v) is 5.66. The second kappa shape index (κ2) is 5.12. The van der Waals surface area contributed by atoms with Gasteiger partial charge in [-0.1, -0.05) is 18.3 Å². The van der Waals surface area contributed by atoms with Crippen LogP contribution in [0.1, 0.15) is 19.0 Å². The van der Waals surface area contributed by atoms with Gasteiger partial charge in [-0.25, -0.2) is 18.5 Å². The van der Waals surface area contributed by atoms with Crippen molar-refractivity contribution in [2.45, 2.75) is 30.5 Å². The summed E-state index contributed by atoms with van der Waals surface area (Å²) in [4.78, 5) is 6.53. The average molecular weight is 290 g/mol. The number of hydrogen-bond acceptors (Lipinski definition) is 6. The molecule has 18 heavy (non-hydrogen) atoms. The van der Waals surface area contributed by atoms with Gasteiger partial charge in [0.25, 0.3) is 0 Å². The van der Waals surface area contributed by atoms with Gasteiger partial charge in [-0.05, 0) is 13.3 Å². The first kappa shape index (κ1) is 13.7. The molecule has 0 saturated carbocycles. The van der Waals surface area contributed by atoms with Crippen LogP contribution < -0.4 is 15.4 Å². The molecule has 2 heterocycles. The van der Waals surface area contributed by atoms with Crippen LogP contribution in [0.4, 0.5) is 5.13 Å². The van der Waals surface area contributed by atoms with E-state index in [2.05, 4.69) is 22.1 Å². The Balaban J connectivity index is 2.31. The zero-order valence-electron chi connectivity index (χ0n) is 10.5. The van der Waals surface area contributed by atoms with Crippen LogP contribution in [0.25, 0.3) is 0 Å². The van der Waals surface area contributed by atoms with Crippen molar-refractivity contribution in [2.24, 2.45) is 5.14 Å². The lowest BCUT2D eigenvalue weighted by Gasteiger charge is -2.38. The molecule has 0 radical (unpaired) electrons. The Morgan fingerprint density at radius 1 is 1.56 bits per heavy atom. The van der Waals surface area contributed by atoms with E-state index in [1.165, 1.54) is 11.3 Å². The smallest absolute Gasteiger partial charge is 0.249 e. The summed E-state index contributed by atoms with van der Waals surface area (Å²) in [5.74, 6) is 0. The molecule has 0 bridgehead atoms. The maximum Gasteiger partial charge on any atom is 0.249 e. The molecule has 0 spiro atoms. The normalized spacial score (nSPS) is 16.6. The first-order valence-electron chi connectivity index (χ1n) is 5.91. The van der Waals surface area contributed by atoms with Gasteiger partial charge >= 0.3 is 0 Å². The summed E-state index contributed by atoms with van der Waals surface area (Å²) in [7, 11) is -3.66. The van der Waals surface area contributed by atoms with Gasteiger partial charge in [-0.2, -0.15) is 0 Å². The van der Waals surface area contributed by atoms with E-state index in [4.69, 9.17) is 5.14 Å². The molecule has 1 aliphatic rings. The summed E-state index contributed by atoms with van der Waals surface area (Å²) < 4.78 is 23.0. The topological polar surface area (TPSA) is 88.3 Å². The molecule has 2 rings (SSSR count). The van der Waals surface area contributed by atoms with Gasteiger partial charge in [0.1, 0.15) is 0 Å². The Bertz CT molecular complexity index is 522. The summed E-state index contributed by atoms with van der Waals surface area (Å²) >= 11 is 1.17. The molecule has 1 saturated heterocycles. The van der Waals surface area contributed by atoms with Crippen LogP contribution in [0.2, 0.25) is 0 Å². The van der Waals surface area contributed by atoms with Crippen molar-refractivity contribution in [3.05, 3.63) is 5.69 Å². The van der Waals surface area contributed by atoms with Crippen molar-refractivity contribution >= 4 is 26.5 Å². The Kier molecular flexibility index (Phi) is 3.90. The average Bonchev–Trinajstić information content (AvgIpc) is 2.56. The third kappa shape index (κ3) is 2.66. The van der Waals surface area contributed by atoms with Crippen molar-refractivity contribution in [3.8, 4) is 0 Å². The maximum atomic E-state index is 11.4. The molecule has 102 valence electrons. The Labute approximate surface area is 111 Å². The van der Waals surface area contributed by atoms with E-state index in [9.17, 15) is 8.42 Å². The number of aromatic nitrogens is 1. The molecule has 6 nitrogen and oxygen atoms in total. The van der Waals surface area contributed by atoms with Crippen molar-refractivity contribution in [2.75, 3.05) is 24.5 Å². The summed E-state index contributed by atoms with van der Waals surface area (Å²) in [6.07, 6.45) is 1.000. The lowest BCUT2D eigenvalue weighted by Crippen LogP contribution is -2.57. The van der Waals surface area contributed by atoms with Gasteiger partial charge in [-0.3, -0.25) is 0 Å². The van der Waals surface area contributed by atoms with E-state index < -0.39 is 10.0 Å². The number of primary sulfonamides is 1. The standard InChI is InChI=1S/C10H18N4O2S2/c1-3-4-14(8-5-12-6-8)10-13-7(2)9(17-10)18(11,15)16/h8,12H,3-6H2,1-2H3,(H2,11,15,16). The first-order valence-corrected chi connectivity index (χ1v) is 8.27. The van der Waals surface area contributed by atoms with E-state index in [0.717, 1.165) is 31.2 Å². The summed E-state index contributed by atoms with van der Waals surface area (Å²) in [5, 5.41) is 9.15. The quantitative estimate of drug-likeness (QED) is 0.813. The number of hydrogen-bond donors (Lipinski definition) is 2. The van der Waals surface area contributed by atoms with Crippen LogP contribution in [0, 0.1) is 6.92 Å². The van der Waals surface area contributed by atoms with Crippen LogP contribution in [-0.2, 0) is 10.0 Å². The minimum atomic E-state index is -3.66. The van der Waals surface area contributed by atoms with Crippen LogP contribution in [0.5, 0.6) is 0 Å². The monoisotopic (exact) mass is 290 g/mol. The minimum absolute atomic E-state index is 0.172. The number of sulfonamides is 1. The van der Waals surface area contributed by atoms with Crippen molar-refractivity contribution in [1.29, 1.82) is 0 Å². The van der Waals surface area contributed by atoms with Crippen molar-refractivity contribution < 1.29 is 8.42 Å². The molecule has 0 atom stereocenters. The van der Waals surface area contributed by atoms with Gasteiger partial charge in [0, 0.05) is 19.6 Å². The third-order valence-electron chi connectivity index (χ3n) is 2.91. The summed E-state index contributed by atoms with van der Waals surface area (Å²) in [6, 6.07) is 0.406. The number of rotatable bonds is 5.